The van der Waals surface area contributed by atoms with Crippen molar-refractivity contribution in [1.82, 2.24) is 0 Å². The molecule has 0 amide bonds. The zero-order valence-electron chi connectivity index (χ0n) is 9.15. The first kappa shape index (κ1) is 12.7. The summed E-state index contributed by atoms with van der Waals surface area (Å²) >= 11 is 7.45. The van der Waals surface area contributed by atoms with Gasteiger partial charge < -0.3 is 5.73 Å². The van der Waals surface area contributed by atoms with Gasteiger partial charge in [0.05, 0.1) is 16.3 Å². The molecule has 0 radical (unpaired) electrons. The van der Waals surface area contributed by atoms with Crippen molar-refractivity contribution in [3.05, 3.63) is 52.8 Å². The first-order chi connectivity index (χ1) is 8.61. The Labute approximate surface area is 113 Å². The molecule has 0 aliphatic carbocycles. The highest BCUT2D eigenvalue weighted by Crippen LogP contribution is 2.36. The van der Waals surface area contributed by atoms with Gasteiger partial charge in [0.15, 0.2) is 0 Å². The van der Waals surface area contributed by atoms with Crippen LogP contribution in [0.15, 0.2) is 46.2 Å². The second-order valence-corrected chi connectivity index (χ2v) is 5.00. The first-order valence-corrected chi connectivity index (χ1v) is 6.23. The molecule has 0 spiro atoms. The standard InChI is InChI=1S/C13H8ClFN2S/c14-13-10(7-16)11(17)5-6-12(13)18-9-3-1-8(15)2-4-9/h1-6H,17H2. The van der Waals surface area contributed by atoms with Gasteiger partial charge in [-0.1, -0.05) is 23.4 Å². The number of nitrogens with zero attached hydrogens (tertiary/aromatic N) is 1. The smallest absolute Gasteiger partial charge is 0.123 e. The Morgan fingerprint density at radius 1 is 1.17 bits per heavy atom. The Balaban J connectivity index is 2.36. The fourth-order valence-corrected chi connectivity index (χ4v) is 2.58. The molecule has 2 N–H and O–H groups in total. The van der Waals surface area contributed by atoms with Gasteiger partial charge >= 0.3 is 0 Å². The molecule has 2 aromatic rings. The number of hydrogen-bond donors (Lipinski definition) is 1. The van der Waals surface area contributed by atoms with E-state index in [4.69, 9.17) is 22.6 Å². The van der Waals surface area contributed by atoms with Gasteiger partial charge in [-0.3, -0.25) is 0 Å². The van der Waals surface area contributed by atoms with Gasteiger partial charge in [0, 0.05) is 9.79 Å². The summed E-state index contributed by atoms with van der Waals surface area (Å²) in [5, 5.41) is 9.28. The number of halogens is 2. The molecular weight excluding hydrogens is 271 g/mol. The number of nitrogens with two attached hydrogens (primary N) is 1. The van der Waals surface area contributed by atoms with E-state index in [0.717, 1.165) is 4.90 Å². The monoisotopic (exact) mass is 278 g/mol. The molecule has 0 heterocycles. The molecule has 0 fully saturated rings. The summed E-state index contributed by atoms with van der Waals surface area (Å²) in [6.07, 6.45) is 0. The van der Waals surface area contributed by atoms with Crippen molar-refractivity contribution in [2.75, 3.05) is 5.73 Å². The summed E-state index contributed by atoms with van der Waals surface area (Å²) in [5.74, 6) is -0.291. The van der Waals surface area contributed by atoms with E-state index in [0.29, 0.717) is 15.6 Å². The fraction of sp³-hybridized carbons (Fsp3) is 0. The molecule has 0 saturated heterocycles. The van der Waals surface area contributed by atoms with Gasteiger partial charge in [-0.25, -0.2) is 4.39 Å². The molecule has 0 aromatic heterocycles. The molecule has 2 nitrogen and oxygen atoms in total. The van der Waals surface area contributed by atoms with E-state index >= 15 is 0 Å². The molecule has 5 heteroatoms. The molecule has 2 rings (SSSR count). The first-order valence-electron chi connectivity index (χ1n) is 5.03. The Kier molecular flexibility index (Phi) is 3.75. The van der Waals surface area contributed by atoms with Crippen molar-refractivity contribution in [2.24, 2.45) is 0 Å². The van der Waals surface area contributed by atoms with Gasteiger partial charge in [-0.05, 0) is 36.4 Å². The van der Waals surface area contributed by atoms with E-state index < -0.39 is 0 Å². The van der Waals surface area contributed by atoms with E-state index in [-0.39, 0.29) is 11.4 Å². The number of benzene rings is 2. The predicted octanol–water partition coefficient (Wildman–Crippen LogP) is 4.08. The molecule has 0 unspecified atom stereocenters. The van der Waals surface area contributed by atoms with Crippen LogP contribution in [0.2, 0.25) is 5.02 Å². The van der Waals surface area contributed by atoms with E-state index in [2.05, 4.69) is 0 Å². The van der Waals surface area contributed by atoms with Crippen LogP contribution in [0.25, 0.3) is 0 Å². The number of anilines is 1. The van der Waals surface area contributed by atoms with Crippen molar-refractivity contribution in [3.8, 4) is 6.07 Å². The van der Waals surface area contributed by atoms with E-state index in [9.17, 15) is 4.39 Å². The molecular formula is C13H8ClFN2S. The predicted molar refractivity (Wildman–Crippen MR) is 71.1 cm³/mol. The van der Waals surface area contributed by atoms with Crippen molar-refractivity contribution < 1.29 is 4.39 Å². The van der Waals surface area contributed by atoms with E-state index in [1.165, 1.54) is 23.9 Å². The second kappa shape index (κ2) is 5.30. The van der Waals surface area contributed by atoms with Crippen LogP contribution in [0.4, 0.5) is 10.1 Å². The number of rotatable bonds is 2. The number of nitrogen functional groups attached to an aromatic ring is 1. The zero-order valence-corrected chi connectivity index (χ0v) is 10.7. The third-order valence-electron chi connectivity index (χ3n) is 2.29. The van der Waals surface area contributed by atoms with Crippen LogP contribution in [-0.4, -0.2) is 0 Å². The van der Waals surface area contributed by atoms with E-state index in [1.807, 2.05) is 6.07 Å². The maximum Gasteiger partial charge on any atom is 0.123 e. The van der Waals surface area contributed by atoms with Crippen LogP contribution in [0.3, 0.4) is 0 Å². The highest BCUT2D eigenvalue weighted by atomic mass is 35.5. The largest absolute Gasteiger partial charge is 0.398 e. The topological polar surface area (TPSA) is 49.8 Å². The minimum absolute atomic E-state index is 0.267. The third-order valence-corrected chi connectivity index (χ3v) is 3.86. The lowest BCUT2D eigenvalue weighted by Crippen LogP contribution is -1.92. The van der Waals surface area contributed by atoms with Gasteiger partial charge in [0.25, 0.3) is 0 Å². The summed E-state index contributed by atoms with van der Waals surface area (Å²) in [7, 11) is 0. The number of hydrogen-bond acceptors (Lipinski definition) is 3. The highest BCUT2D eigenvalue weighted by molar-refractivity contribution is 7.99. The minimum atomic E-state index is -0.291. The van der Waals surface area contributed by atoms with Crippen LogP contribution in [0, 0.1) is 17.1 Å². The SMILES string of the molecule is N#Cc1c(N)ccc(Sc2ccc(F)cc2)c1Cl. The maximum absolute atomic E-state index is 12.8. The van der Waals surface area contributed by atoms with Crippen LogP contribution in [-0.2, 0) is 0 Å². The van der Waals surface area contributed by atoms with Gasteiger partial charge in [-0.15, -0.1) is 0 Å². The fourth-order valence-electron chi connectivity index (χ4n) is 1.39. The Bertz CT molecular complexity index is 620. The lowest BCUT2D eigenvalue weighted by molar-refractivity contribution is 0.626. The zero-order chi connectivity index (χ0) is 13.1. The summed E-state index contributed by atoms with van der Waals surface area (Å²) in [5.41, 5.74) is 6.27. The molecule has 0 aliphatic rings. The summed E-state index contributed by atoms with van der Waals surface area (Å²) < 4.78 is 12.8. The minimum Gasteiger partial charge on any atom is -0.398 e. The molecule has 0 saturated carbocycles. The second-order valence-electron chi connectivity index (χ2n) is 3.51. The van der Waals surface area contributed by atoms with Gasteiger partial charge in [-0.2, -0.15) is 5.26 Å². The quantitative estimate of drug-likeness (QED) is 0.842. The lowest BCUT2D eigenvalue weighted by Gasteiger charge is -2.07. The van der Waals surface area contributed by atoms with Crippen LogP contribution < -0.4 is 5.73 Å². The summed E-state index contributed by atoms with van der Waals surface area (Å²) in [6.45, 7) is 0. The van der Waals surface area contributed by atoms with E-state index in [1.54, 1.807) is 24.3 Å². The molecule has 0 atom stereocenters. The third kappa shape index (κ3) is 2.58. The molecule has 18 heavy (non-hydrogen) atoms. The Morgan fingerprint density at radius 2 is 1.83 bits per heavy atom. The highest BCUT2D eigenvalue weighted by Gasteiger charge is 2.10. The number of nitriles is 1. The maximum atomic E-state index is 12.8. The van der Waals surface area contributed by atoms with Crippen molar-refractivity contribution in [3.63, 3.8) is 0 Å². The van der Waals surface area contributed by atoms with Crippen LogP contribution in [0.5, 0.6) is 0 Å². The average Bonchev–Trinajstić information content (AvgIpc) is 2.36. The molecule has 0 aliphatic heterocycles. The van der Waals surface area contributed by atoms with Crippen molar-refractivity contribution in [1.29, 1.82) is 5.26 Å². The van der Waals surface area contributed by atoms with Crippen molar-refractivity contribution in [2.45, 2.75) is 9.79 Å². The van der Waals surface area contributed by atoms with Crippen LogP contribution >= 0.6 is 23.4 Å². The normalized spacial score (nSPS) is 10.1. The molecule has 2 aromatic carbocycles. The lowest BCUT2D eigenvalue weighted by atomic mass is 10.2. The Hall–Kier alpha value is -1.70. The van der Waals surface area contributed by atoms with Gasteiger partial charge in [0.1, 0.15) is 11.9 Å². The summed E-state index contributed by atoms with van der Waals surface area (Å²) in [6, 6.07) is 11.4. The molecule has 0 bridgehead atoms. The summed E-state index contributed by atoms with van der Waals surface area (Å²) in [4.78, 5) is 1.56. The van der Waals surface area contributed by atoms with Gasteiger partial charge in [0.2, 0.25) is 0 Å². The average molecular weight is 279 g/mol. The van der Waals surface area contributed by atoms with Crippen LogP contribution in [0.1, 0.15) is 5.56 Å². The van der Waals surface area contributed by atoms with Crippen molar-refractivity contribution >= 4 is 29.1 Å². The Morgan fingerprint density at radius 3 is 2.44 bits per heavy atom. The molecule has 90 valence electrons.